The van der Waals surface area contributed by atoms with E-state index in [1.165, 1.54) is 4.90 Å². The SMILES string of the molecule is Cc1ccc(Cl)cc1NC(=O)N1CCCC1C(=O)O. The highest BCUT2D eigenvalue weighted by Crippen LogP contribution is 2.23. The van der Waals surface area contributed by atoms with Crippen LogP contribution in [0.3, 0.4) is 0 Å². The number of urea groups is 1. The number of aryl methyl sites for hydroxylation is 1. The number of halogens is 1. The van der Waals surface area contributed by atoms with Crippen molar-refractivity contribution in [1.82, 2.24) is 4.90 Å². The average molecular weight is 283 g/mol. The number of nitrogens with one attached hydrogen (secondary N) is 1. The first-order valence-electron chi connectivity index (χ1n) is 6.05. The first-order valence-corrected chi connectivity index (χ1v) is 6.43. The van der Waals surface area contributed by atoms with Gasteiger partial charge in [-0.05, 0) is 37.5 Å². The van der Waals surface area contributed by atoms with Gasteiger partial charge in [-0.25, -0.2) is 9.59 Å². The van der Waals surface area contributed by atoms with Gasteiger partial charge in [-0.3, -0.25) is 0 Å². The van der Waals surface area contributed by atoms with E-state index < -0.39 is 18.0 Å². The van der Waals surface area contributed by atoms with Crippen molar-refractivity contribution in [3.05, 3.63) is 28.8 Å². The molecule has 1 atom stereocenters. The van der Waals surface area contributed by atoms with Crippen molar-refractivity contribution < 1.29 is 14.7 Å². The van der Waals surface area contributed by atoms with Gasteiger partial charge in [-0.2, -0.15) is 0 Å². The zero-order chi connectivity index (χ0) is 14.0. The van der Waals surface area contributed by atoms with Crippen molar-refractivity contribution in [2.45, 2.75) is 25.8 Å². The Kier molecular flexibility index (Phi) is 3.95. The molecule has 1 aliphatic heterocycles. The summed E-state index contributed by atoms with van der Waals surface area (Å²) in [6.07, 6.45) is 1.20. The topological polar surface area (TPSA) is 69.6 Å². The minimum Gasteiger partial charge on any atom is -0.480 e. The number of benzene rings is 1. The van der Waals surface area contributed by atoms with Gasteiger partial charge in [-0.1, -0.05) is 17.7 Å². The highest BCUT2D eigenvalue weighted by atomic mass is 35.5. The molecule has 1 unspecified atom stereocenters. The number of rotatable bonds is 2. The number of amides is 2. The molecule has 1 fully saturated rings. The molecule has 0 aliphatic carbocycles. The fraction of sp³-hybridized carbons (Fsp3) is 0.385. The summed E-state index contributed by atoms with van der Waals surface area (Å²) in [5.74, 6) is -0.963. The van der Waals surface area contributed by atoms with Gasteiger partial charge in [0, 0.05) is 17.3 Å². The fourth-order valence-corrected chi connectivity index (χ4v) is 2.35. The Morgan fingerprint density at radius 2 is 2.21 bits per heavy atom. The molecule has 102 valence electrons. The summed E-state index contributed by atoms with van der Waals surface area (Å²) in [5.41, 5.74) is 1.48. The largest absolute Gasteiger partial charge is 0.480 e. The summed E-state index contributed by atoms with van der Waals surface area (Å²) in [4.78, 5) is 24.5. The third-order valence-electron chi connectivity index (χ3n) is 3.24. The summed E-state index contributed by atoms with van der Waals surface area (Å²) in [5, 5.41) is 12.3. The smallest absolute Gasteiger partial charge is 0.326 e. The second kappa shape index (κ2) is 5.48. The summed E-state index contributed by atoms with van der Waals surface area (Å²) in [6, 6.07) is 4.06. The van der Waals surface area contributed by atoms with Gasteiger partial charge in [0.15, 0.2) is 0 Å². The van der Waals surface area contributed by atoms with Crippen LogP contribution in [0.2, 0.25) is 5.02 Å². The van der Waals surface area contributed by atoms with Crippen LogP contribution in [-0.4, -0.2) is 34.6 Å². The highest BCUT2D eigenvalue weighted by molar-refractivity contribution is 6.31. The number of nitrogens with zero attached hydrogens (tertiary/aromatic N) is 1. The van der Waals surface area contributed by atoms with Crippen LogP contribution in [0.25, 0.3) is 0 Å². The van der Waals surface area contributed by atoms with Crippen LogP contribution in [0.15, 0.2) is 18.2 Å². The van der Waals surface area contributed by atoms with Gasteiger partial charge < -0.3 is 15.3 Å². The number of carboxylic acids is 1. The lowest BCUT2D eigenvalue weighted by Crippen LogP contribution is -2.42. The van der Waals surface area contributed by atoms with Crippen molar-refractivity contribution in [2.24, 2.45) is 0 Å². The van der Waals surface area contributed by atoms with Crippen LogP contribution in [0, 0.1) is 6.92 Å². The Balaban J connectivity index is 2.12. The quantitative estimate of drug-likeness (QED) is 0.876. The van der Waals surface area contributed by atoms with Crippen LogP contribution in [0.5, 0.6) is 0 Å². The van der Waals surface area contributed by atoms with E-state index >= 15 is 0 Å². The van der Waals surface area contributed by atoms with Crippen LogP contribution in [-0.2, 0) is 4.79 Å². The maximum absolute atomic E-state index is 12.1. The van der Waals surface area contributed by atoms with Gasteiger partial charge >= 0.3 is 12.0 Å². The monoisotopic (exact) mass is 282 g/mol. The van der Waals surface area contributed by atoms with E-state index in [4.69, 9.17) is 16.7 Å². The van der Waals surface area contributed by atoms with Gasteiger partial charge in [0.2, 0.25) is 0 Å². The number of hydrogen-bond donors (Lipinski definition) is 2. The van der Waals surface area contributed by atoms with Crippen LogP contribution < -0.4 is 5.32 Å². The van der Waals surface area contributed by atoms with Gasteiger partial charge in [0.25, 0.3) is 0 Å². The second-order valence-corrected chi connectivity index (χ2v) is 5.02. The Morgan fingerprint density at radius 3 is 2.89 bits per heavy atom. The Morgan fingerprint density at radius 1 is 1.47 bits per heavy atom. The van der Waals surface area contributed by atoms with Crippen molar-refractivity contribution >= 4 is 29.3 Å². The summed E-state index contributed by atoms with van der Waals surface area (Å²) >= 11 is 5.88. The predicted molar refractivity (Wildman–Crippen MR) is 72.6 cm³/mol. The van der Waals surface area contributed by atoms with E-state index in [9.17, 15) is 9.59 Å². The molecule has 1 aromatic carbocycles. The molecule has 2 amide bonds. The average Bonchev–Trinajstić information content (AvgIpc) is 2.83. The third kappa shape index (κ3) is 2.98. The first-order chi connectivity index (χ1) is 8.99. The second-order valence-electron chi connectivity index (χ2n) is 4.58. The van der Waals surface area contributed by atoms with E-state index in [2.05, 4.69) is 5.32 Å². The number of anilines is 1. The fourth-order valence-electron chi connectivity index (χ4n) is 2.18. The minimum absolute atomic E-state index is 0.393. The molecular formula is C13H15ClN2O3. The van der Waals surface area contributed by atoms with Crippen LogP contribution in [0.4, 0.5) is 10.5 Å². The Hall–Kier alpha value is -1.75. The van der Waals surface area contributed by atoms with E-state index in [0.717, 1.165) is 5.56 Å². The molecule has 2 N–H and O–H groups in total. The molecule has 0 radical (unpaired) electrons. The van der Waals surface area contributed by atoms with Crippen molar-refractivity contribution in [1.29, 1.82) is 0 Å². The maximum Gasteiger partial charge on any atom is 0.326 e. The standard InChI is InChI=1S/C13H15ClN2O3/c1-8-4-5-9(14)7-10(8)15-13(19)16-6-2-3-11(16)12(17)18/h4-5,7,11H,2-3,6H2,1H3,(H,15,19)(H,17,18). The van der Waals surface area contributed by atoms with E-state index in [1.54, 1.807) is 18.2 Å². The molecule has 0 saturated carbocycles. The predicted octanol–water partition coefficient (Wildman–Crippen LogP) is 2.73. The molecular weight excluding hydrogens is 268 g/mol. The number of carboxylic acid groups (broad SMARTS) is 1. The number of carbonyl (C=O) groups is 2. The molecule has 2 rings (SSSR count). The minimum atomic E-state index is -0.963. The van der Waals surface area contributed by atoms with E-state index in [1.807, 2.05) is 6.92 Å². The van der Waals surface area contributed by atoms with Crippen LogP contribution >= 0.6 is 11.6 Å². The van der Waals surface area contributed by atoms with Crippen molar-refractivity contribution in [3.8, 4) is 0 Å². The molecule has 1 saturated heterocycles. The number of likely N-dealkylation sites (tertiary alicyclic amines) is 1. The maximum atomic E-state index is 12.1. The molecule has 0 aromatic heterocycles. The zero-order valence-corrected chi connectivity index (χ0v) is 11.3. The lowest BCUT2D eigenvalue weighted by Gasteiger charge is -2.22. The lowest BCUT2D eigenvalue weighted by molar-refractivity contribution is -0.141. The van der Waals surface area contributed by atoms with Crippen LogP contribution in [0.1, 0.15) is 18.4 Å². The summed E-state index contributed by atoms with van der Waals surface area (Å²) in [7, 11) is 0. The Bertz CT molecular complexity index is 519. The summed E-state index contributed by atoms with van der Waals surface area (Å²) in [6.45, 7) is 2.31. The van der Waals surface area contributed by atoms with Crippen molar-refractivity contribution in [3.63, 3.8) is 0 Å². The molecule has 0 bridgehead atoms. The van der Waals surface area contributed by atoms with Crippen molar-refractivity contribution in [2.75, 3.05) is 11.9 Å². The number of aliphatic carboxylic acids is 1. The van der Waals surface area contributed by atoms with Gasteiger partial charge in [0.05, 0.1) is 0 Å². The van der Waals surface area contributed by atoms with E-state index in [0.29, 0.717) is 30.1 Å². The lowest BCUT2D eigenvalue weighted by atomic mass is 10.2. The molecule has 5 nitrogen and oxygen atoms in total. The molecule has 1 aliphatic rings. The molecule has 19 heavy (non-hydrogen) atoms. The van der Waals surface area contributed by atoms with E-state index in [-0.39, 0.29) is 0 Å². The van der Waals surface area contributed by atoms with Gasteiger partial charge in [0.1, 0.15) is 6.04 Å². The third-order valence-corrected chi connectivity index (χ3v) is 3.48. The number of hydrogen-bond acceptors (Lipinski definition) is 2. The van der Waals surface area contributed by atoms with Gasteiger partial charge in [-0.15, -0.1) is 0 Å². The number of carbonyl (C=O) groups excluding carboxylic acids is 1. The molecule has 0 spiro atoms. The summed E-state index contributed by atoms with van der Waals surface area (Å²) < 4.78 is 0. The Labute approximate surface area is 116 Å². The highest BCUT2D eigenvalue weighted by Gasteiger charge is 2.34. The molecule has 1 heterocycles. The normalized spacial score (nSPS) is 18.4. The zero-order valence-electron chi connectivity index (χ0n) is 10.5. The molecule has 6 heteroatoms. The first kappa shape index (κ1) is 13.7. The molecule has 1 aromatic rings.